The van der Waals surface area contributed by atoms with Gasteiger partial charge < -0.3 is 10.1 Å². The predicted octanol–water partition coefficient (Wildman–Crippen LogP) is 3.80. The first-order chi connectivity index (χ1) is 8.45. The van der Waals surface area contributed by atoms with E-state index in [9.17, 15) is 4.79 Å². The Bertz CT molecular complexity index is 200. The average molecular weight is 298 g/mol. The summed E-state index contributed by atoms with van der Waals surface area (Å²) < 4.78 is 5.49. The molecule has 0 unspecified atom stereocenters. The fourth-order valence-electron chi connectivity index (χ4n) is 1.01. The molecule has 0 rings (SSSR count). The van der Waals surface area contributed by atoms with E-state index in [-0.39, 0.29) is 12.7 Å². The van der Waals surface area contributed by atoms with Crippen LogP contribution in [0.25, 0.3) is 0 Å². The maximum atomic E-state index is 11.2. The Morgan fingerprint density at radius 1 is 1.39 bits per heavy atom. The van der Waals surface area contributed by atoms with Gasteiger partial charge in [-0.1, -0.05) is 45.4 Å². The van der Waals surface area contributed by atoms with Gasteiger partial charge in [0, 0.05) is 26.8 Å². The molecule has 0 atom stereocenters. The first-order valence-corrected chi connectivity index (χ1v) is 8.60. The van der Waals surface area contributed by atoms with Crippen molar-refractivity contribution in [2.75, 3.05) is 25.5 Å². The van der Waals surface area contributed by atoms with E-state index < -0.39 is 0 Å². The van der Waals surface area contributed by atoms with E-state index in [1.807, 2.05) is 13.8 Å². The van der Waals surface area contributed by atoms with Gasteiger partial charge in [0.05, 0.1) is 6.61 Å². The lowest BCUT2D eigenvalue weighted by Crippen LogP contribution is -2.25. The molecule has 0 aliphatic rings. The Balaban J connectivity index is -0.000000809. The minimum atomic E-state index is 0. The molecule has 5 heteroatoms. The number of carbonyl (C=O) groups is 1. The number of hydrogen-bond donors (Lipinski definition) is 2. The van der Waals surface area contributed by atoms with Crippen molar-refractivity contribution in [1.82, 2.24) is 5.32 Å². The molecule has 112 valence electrons. The van der Waals surface area contributed by atoms with Crippen LogP contribution in [0.5, 0.6) is 0 Å². The zero-order valence-corrected chi connectivity index (χ0v) is 14.1. The summed E-state index contributed by atoms with van der Waals surface area (Å²) >= 11 is 3.98. The summed E-state index contributed by atoms with van der Waals surface area (Å²) in [5.41, 5.74) is 0.215. The van der Waals surface area contributed by atoms with E-state index in [2.05, 4.69) is 37.7 Å². The first kappa shape index (κ1) is 20.4. The number of ether oxygens (including phenoxy) is 1. The minimum absolute atomic E-state index is 0. The Morgan fingerprint density at radius 3 is 2.50 bits per heavy atom. The van der Waals surface area contributed by atoms with Gasteiger partial charge in [0.15, 0.2) is 0 Å². The Kier molecular flexibility index (Phi) is 15.4. The highest BCUT2D eigenvalue weighted by atomic mass is 33.1. The molecule has 0 aliphatic carbocycles. The lowest BCUT2D eigenvalue weighted by atomic mass is 9.99. The predicted molar refractivity (Wildman–Crippen MR) is 87.4 cm³/mol. The Labute approximate surface area is 123 Å². The van der Waals surface area contributed by atoms with Gasteiger partial charge in [0.2, 0.25) is 5.91 Å². The minimum Gasteiger partial charge on any atom is -0.381 e. The van der Waals surface area contributed by atoms with Crippen molar-refractivity contribution in [2.24, 2.45) is 5.41 Å². The zero-order chi connectivity index (χ0) is 14.4. The van der Waals surface area contributed by atoms with Gasteiger partial charge in [-0.3, -0.25) is 4.79 Å². The third-order valence-corrected chi connectivity index (χ3v) is 2.68. The highest BCUT2D eigenvalue weighted by Gasteiger charge is 2.09. The van der Waals surface area contributed by atoms with Crippen molar-refractivity contribution in [1.29, 1.82) is 0 Å². The van der Waals surface area contributed by atoms with Crippen molar-refractivity contribution < 1.29 is 11.0 Å². The van der Waals surface area contributed by atoms with Crippen molar-refractivity contribution in [3.63, 3.8) is 0 Å². The largest absolute Gasteiger partial charge is 0.381 e. The van der Waals surface area contributed by atoms with E-state index in [0.29, 0.717) is 19.6 Å². The number of hydrogen-bond acceptors (Lipinski definition) is 4. The molecular weight excluding hydrogens is 266 g/mol. The topological polar surface area (TPSA) is 38.3 Å². The van der Waals surface area contributed by atoms with Crippen molar-refractivity contribution in [3.05, 3.63) is 0 Å². The molecule has 1 amide bonds. The fraction of sp³-hybridized carbons (Fsp3) is 0.923. The number of carbonyl (C=O) groups excluding carboxylic acids is 1. The lowest BCUT2D eigenvalue weighted by Gasteiger charge is -2.17. The summed E-state index contributed by atoms with van der Waals surface area (Å²) in [6.45, 7) is 12.6. The monoisotopic (exact) mass is 297 g/mol. The normalized spacial score (nSPS) is 10.6. The molecule has 0 radical (unpaired) electrons. The highest BCUT2D eigenvalue weighted by Crippen LogP contribution is 2.12. The van der Waals surface area contributed by atoms with Crippen LogP contribution in [0.15, 0.2) is 0 Å². The highest BCUT2D eigenvalue weighted by molar-refractivity contribution is 8.68. The number of thiol groups is 1. The van der Waals surface area contributed by atoms with Crippen LogP contribution in [0.4, 0.5) is 0 Å². The summed E-state index contributed by atoms with van der Waals surface area (Å²) in [5.74, 6) is 0.854. The van der Waals surface area contributed by atoms with Crippen LogP contribution in [0.3, 0.4) is 0 Å². The lowest BCUT2D eigenvalue weighted by molar-refractivity contribution is -0.120. The second kappa shape index (κ2) is 13.6. The Morgan fingerprint density at radius 2 is 2.00 bits per heavy atom. The van der Waals surface area contributed by atoms with Gasteiger partial charge in [-0.15, -0.1) is 11.7 Å². The first-order valence-electron chi connectivity index (χ1n) is 6.56. The van der Waals surface area contributed by atoms with Gasteiger partial charge >= 0.3 is 0 Å². The van der Waals surface area contributed by atoms with Gasteiger partial charge in [-0.25, -0.2) is 0 Å². The summed E-state index contributed by atoms with van der Waals surface area (Å²) in [6.07, 6.45) is 1.41. The molecule has 0 aromatic rings. The number of nitrogens with one attached hydrogen (secondary N) is 1. The van der Waals surface area contributed by atoms with Gasteiger partial charge in [-0.05, 0) is 11.8 Å². The van der Waals surface area contributed by atoms with Crippen LogP contribution >= 0.6 is 22.5 Å². The third kappa shape index (κ3) is 18.5. The second-order valence-corrected chi connectivity index (χ2v) is 6.34. The molecule has 0 saturated heterocycles. The van der Waals surface area contributed by atoms with E-state index in [4.69, 9.17) is 4.74 Å². The summed E-state index contributed by atoms with van der Waals surface area (Å²) in [5, 5.41) is 2.85. The standard InChI is InChI=1S/C11H23NO2S2.C2H6.H2/c1-11(2,3)9-14-7-4-6-12-10(13)5-8-16-15;1-2;/h15H,4-9H2,1-3H3,(H,12,13);1-2H3;1H. The average Bonchev–Trinajstić information content (AvgIpc) is 2.32. The molecule has 0 fully saturated rings. The summed E-state index contributed by atoms with van der Waals surface area (Å²) in [4.78, 5) is 11.2. The molecule has 0 aliphatic heterocycles. The smallest absolute Gasteiger partial charge is 0.220 e. The molecule has 3 nitrogen and oxygen atoms in total. The van der Waals surface area contributed by atoms with Crippen LogP contribution in [0, 0.1) is 5.41 Å². The van der Waals surface area contributed by atoms with Crippen molar-refractivity contribution in [3.8, 4) is 0 Å². The van der Waals surface area contributed by atoms with Gasteiger partial charge in [0.25, 0.3) is 0 Å². The number of amides is 1. The van der Waals surface area contributed by atoms with Crippen molar-refractivity contribution >= 4 is 28.4 Å². The van der Waals surface area contributed by atoms with Crippen LogP contribution in [-0.2, 0) is 9.53 Å². The molecule has 0 spiro atoms. The van der Waals surface area contributed by atoms with E-state index in [1.54, 1.807) is 0 Å². The van der Waals surface area contributed by atoms with Crippen LogP contribution in [-0.4, -0.2) is 31.4 Å². The molecule has 18 heavy (non-hydrogen) atoms. The zero-order valence-electron chi connectivity index (χ0n) is 12.4. The molecule has 1 N–H and O–H groups in total. The van der Waals surface area contributed by atoms with Crippen LogP contribution in [0.1, 0.15) is 48.9 Å². The van der Waals surface area contributed by atoms with Gasteiger partial charge in [0.1, 0.15) is 0 Å². The summed E-state index contributed by atoms with van der Waals surface area (Å²) in [7, 11) is 1.39. The summed E-state index contributed by atoms with van der Waals surface area (Å²) in [6, 6.07) is 0. The van der Waals surface area contributed by atoms with E-state index in [0.717, 1.165) is 18.8 Å². The van der Waals surface area contributed by atoms with E-state index >= 15 is 0 Å². The molecular formula is C13H31NO2S2. The van der Waals surface area contributed by atoms with Crippen LogP contribution < -0.4 is 5.32 Å². The van der Waals surface area contributed by atoms with Crippen LogP contribution in [0.2, 0.25) is 0 Å². The third-order valence-electron chi connectivity index (χ3n) is 1.74. The maximum Gasteiger partial charge on any atom is 0.220 e. The molecule has 0 aromatic carbocycles. The molecule has 0 bridgehead atoms. The molecule has 0 aromatic heterocycles. The van der Waals surface area contributed by atoms with Gasteiger partial charge in [-0.2, -0.15) is 0 Å². The molecule has 0 saturated carbocycles. The SMILES string of the molecule is CC.CC(C)(C)COCCCNC(=O)CCSS.[HH]. The second-order valence-electron chi connectivity index (χ2n) is 4.90. The van der Waals surface area contributed by atoms with Crippen molar-refractivity contribution in [2.45, 2.75) is 47.5 Å². The maximum absolute atomic E-state index is 11.2. The quantitative estimate of drug-likeness (QED) is 0.407. The van der Waals surface area contributed by atoms with E-state index in [1.165, 1.54) is 10.8 Å². The fourth-order valence-corrected chi connectivity index (χ4v) is 1.56. The molecule has 0 heterocycles. The Hall–Kier alpha value is 0.130. The number of rotatable bonds is 8.